The summed E-state index contributed by atoms with van der Waals surface area (Å²) in [5.74, 6) is 0. The Morgan fingerprint density at radius 3 is 1.94 bits per heavy atom. The Bertz CT molecular complexity index is 1620. The van der Waals surface area contributed by atoms with Crippen molar-refractivity contribution in [3.63, 3.8) is 0 Å². The molecule has 1 aliphatic heterocycles. The highest BCUT2D eigenvalue weighted by atomic mass is 28.3. The van der Waals surface area contributed by atoms with Gasteiger partial charge in [0.15, 0.2) is 8.07 Å². The van der Waals surface area contributed by atoms with Crippen molar-refractivity contribution in [3.05, 3.63) is 121 Å². The summed E-state index contributed by atoms with van der Waals surface area (Å²) in [5, 5.41) is 8.25. The van der Waals surface area contributed by atoms with E-state index >= 15 is 0 Å². The van der Waals surface area contributed by atoms with Gasteiger partial charge in [0.1, 0.15) is 11.2 Å². The van der Waals surface area contributed by atoms with Gasteiger partial charge in [-0.15, -0.1) is 0 Å². The lowest BCUT2D eigenvalue weighted by Crippen LogP contribution is -2.72. The summed E-state index contributed by atoms with van der Waals surface area (Å²) in [6, 6.07) is 42.3. The molecule has 0 aliphatic carbocycles. The topological polar surface area (TPSA) is 13.1 Å². The maximum Gasteiger partial charge on any atom is 0.180 e. The van der Waals surface area contributed by atoms with E-state index in [0.717, 1.165) is 11.2 Å². The molecule has 1 aromatic heterocycles. The fourth-order valence-electron chi connectivity index (χ4n) is 5.97. The zero-order chi connectivity index (χ0) is 22.0. The van der Waals surface area contributed by atoms with Gasteiger partial charge in [-0.25, -0.2) is 0 Å². The van der Waals surface area contributed by atoms with E-state index in [4.69, 9.17) is 4.42 Å². The van der Waals surface area contributed by atoms with Crippen LogP contribution in [0.2, 0.25) is 0 Å². The van der Waals surface area contributed by atoms with E-state index < -0.39 is 8.07 Å². The standard InChI is InChI=1S/C31H22OSi/c1-21-20-28-29(30-24-16-8-10-18-26(24)32-31(21)30)25-17-9-11-19-27(25)33(28,22-12-4-2-5-13-22)23-14-6-3-7-15-23/h2-20H,1H3. The third-order valence-electron chi connectivity index (χ3n) is 7.25. The lowest BCUT2D eigenvalue weighted by molar-refractivity contribution is 0.666. The molecule has 5 aromatic carbocycles. The summed E-state index contributed by atoms with van der Waals surface area (Å²) in [7, 11) is -2.48. The van der Waals surface area contributed by atoms with Crippen LogP contribution < -0.4 is 20.7 Å². The molecule has 0 unspecified atom stereocenters. The van der Waals surface area contributed by atoms with E-state index in [1.807, 2.05) is 0 Å². The first-order valence-corrected chi connectivity index (χ1v) is 13.5. The molecule has 1 nitrogen and oxygen atoms in total. The highest BCUT2D eigenvalue weighted by Gasteiger charge is 2.49. The normalized spacial score (nSPS) is 13.8. The molecule has 156 valence electrons. The number of aryl methyl sites for hydroxylation is 1. The molecule has 0 saturated carbocycles. The fraction of sp³-hybridized carbons (Fsp3) is 0.0323. The number of hydrogen-bond donors (Lipinski definition) is 0. The van der Waals surface area contributed by atoms with Crippen molar-refractivity contribution in [3.8, 4) is 11.1 Å². The van der Waals surface area contributed by atoms with Gasteiger partial charge < -0.3 is 4.42 Å². The molecule has 2 heteroatoms. The van der Waals surface area contributed by atoms with Crippen LogP contribution in [0.15, 0.2) is 120 Å². The third kappa shape index (κ3) is 2.36. The third-order valence-corrected chi connectivity index (χ3v) is 12.1. The van der Waals surface area contributed by atoms with Crippen LogP contribution in [0.25, 0.3) is 33.1 Å². The molecule has 0 N–H and O–H groups in total. The maximum absolute atomic E-state index is 6.42. The number of benzene rings is 5. The zero-order valence-electron chi connectivity index (χ0n) is 18.4. The van der Waals surface area contributed by atoms with Gasteiger partial charge in [0.25, 0.3) is 0 Å². The molecule has 6 aromatic rings. The van der Waals surface area contributed by atoms with Crippen LogP contribution in [0, 0.1) is 6.92 Å². The Labute approximate surface area is 194 Å². The van der Waals surface area contributed by atoms with Crippen LogP contribution in [-0.2, 0) is 0 Å². The fourth-order valence-corrected chi connectivity index (χ4v) is 11.3. The van der Waals surface area contributed by atoms with Crippen molar-refractivity contribution in [1.29, 1.82) is 0 Å². The van der Waals surface area contributed by atoms with Crippen LogP contribution in [0.3, 0.4) is 0 Å². The lowest BCUT2D eigenvalue weighted by atomic mass is 9.98. The van der Waals surface area contributed by atoms with Gasteiger partial charge >= 0.3 is 0 Å². The summed E-state index contributed by atoms with van der Waals surface area (Å²) in [5.41, 5.74) is 5.88. The molecule has 33 heavy (non-hydrogen) atoms. The largest absolute Gasteiger partial charge is 0.456 e. The predicted molar refractivity (Wildman–Crippen MR) is 141 cm³/mol. The number of para-hydroxylation sites is 1. The number of hydrogen-bond acceptors (Lipinski definition) is 1. The molecule has 7 rings (SSSR count). The van der Waals surface area contributed by atoms with Crippen molar-refractivity contribution in [2.45, 2.75) is 6.92 Å². The first kappa shape index (κ1) is 18.7. The van der Waals surface area contributed by atoms with Crippen molar-refractivity contribution >= 4 is 50.8 Å². The summed E-state index contributed by atoms with van der Waals surface area (Å²) >= 11 is 0. The van der Waals surface area contributed by atoms with Gasteiger partial charge in [-0.1, -0.05) is 109 Å². The van der Waals surface area contributed by atoms with E-state index in [0.29, 0.717) is 0 Å². The first-order chi connectivity index (χ1) is 16.3. The average Bonchev–Trinajstić information content (AvgIpc) is 3.40. The minimum Gasteiger partial charge on any atom is -0.456 e. The Hall–Kier alpha value is -3.88. The van der Waals surface area contributed by atoms with E-state index in [1.165, 1.54) is 48.2 Å². The van der Waals surface area contributed by atoms with Crippen molar-refractivity contribution < 1.29 is 4.42 Å². The molecule has 0 bridgehead atoms. The summed E-state index contributed by atoms with van der Waals surface area (Å²) < 4.78 is 6.42. The van der Waals surface area contributed by atoms with Crippen LogP contribution in [0.5, 0.6) is 0 Å². The molecule has 1 aliphatic rings. The summed E-state index contributed by atoms with van der Waals surface area (Å²) in [6.07, 6.45) is 0. The molecule has 0 fully saturated rings. The zero-order valence-corrected chi connectivity index (χ0v) is 19.4. The van der Waals surface area contributed by atoms with Gasteiger partial charge in [-0.05, 0) is 50.4 Å². The lowest BCUT2D eigenvalue weighted by Gasteiger charge is -2.31. The summed E-state index contributed by atoms with van der Waals surface area (Å²) in [6.45, 7) is 2.20. The second-order valence-electron chi connectivity index (χ2n) is 8.95. The Morgan fingerprint density at radius 2 is 1.21 bits per heavy atom. The first-order valence-electron chi connectivity index (χ1n) is 11.5. The smallest absolute Gasteiger partial charge is 0.180 e. The Balaban J connectivity index is 1.76. The van der Waals surface area contributed by atoms with Crippen LogP contribution >= 0.6 is 0 Å². The Morgan fingerprint density at radius 1 is 0.606 bits per heavy atom. The molecule has 2 heterocycles. The number of fused-ring (bicyclic) bond motifs is 7. The van der Waals surface area contributed by atoms with E-state index in [9.17, 15) is 0 Å². The van der Waals surface area contributed by atoms with E-state index in [-0.39, 0.29) is 0 Å². The SMILES string of the molecule is Cc1cc2c(c3c1oc1ccccc13)-c1ccccc1[Si]2(c1ccccc1)c1ccccc1. The monoisotopic (exact) mass is 438 g/mol. The second kappa shape index (κ2) is 6.81. The molecule has 0 spiro atoms. The molecular formula is C31H22OSi. The van der Waals surface area contributed by atoms with Crippen molar-refractivity contribution in [2.24, 2.45) is 0 Å². The summed E-state index contributed by atoms with van der Waals surface area (Å²) in [4.78, 5) is 0. The van der Waals surface area contributed by atoms with Crippen molar-refractivity contribution in [2.75, 3.05) is 0 Å². The van der Waals surface area contributed by atoms with Crippen LogP contribution in [0.1, 0.15) is 5.56 Å². The minimum atomic E-state index is -2.48. The van der Waals surface area contributed by atoms with Gasteiger partial charge in [0, 0.05) is 10.8 Å². The quantitative estimate of drug-likeness (QED) is 0.336. The van der Waals surface area contributed by atoms with E-state index in [1.54, 1.807) is 0 Å². The molecule has 0 atom stereocenters. The molecule has 0 amide bonds. The Kier molecular flexibility index (Phi) is 3.85. The molecule has 0 radical (unpaired) electrons. The van der Waals surface area contributed by atoms with Gasteiger partial charge in [-0.2, -0.15) is 0 Å². The number of furan rings is 1. The maximum atomic E-state index is 6.42. The highest BCUT2D eigenvalue weighted by Crippen LogP contribution is 2.40. The van der Waals surface area contributed by atoms with E-state index in [2.05, 4.69) is 122 Å². The van der Waals surface area contributed by atoms with Crippen LogP contribution in [-0.4, -0.2) is 8.07 Å². The van der Waals surface area contributed by atoms with Gasteiger partial charge in [0.2, 0.25) is 0 Å². The van der Waals surface area contributed by atoms with Gasteiger partial charge in [-0.3, -0.25) is 0 Å². The molecule has 0 saturated heterocycles. The van der Waals surface area contributed by atoms with Crippen LogP contribution in [0.4, 0.5) is 0 Å². The number of rotatable bonds is 2. The highest BCUT2D eigenvalue weighted by molar-refractivity contribution is 7.22. The average molecular weight is 439 g/mol. The van der Waals surface area contributed by atoms with Gasteiger partial charge in [0.05, 0.1) is 0 Å². The predicted octanol–water partition coefficient (Wildman–Crippen LogP) is 5.25. The molecular weight excluding hydrogens is 416 g/mol. The minimum absolute atomic E-state index is 0.958. The van der Waals surface area contributed by atoms with Crippen molar-refractivity contribution in [1.82, 2.24) is 0 Å². The second-order valence-corrected chi connectivity index (χ2v) is 12.7.